The average molecular weight is 356 g/mol. The minimum absolute atomic E-state index is 0.102. The molecule has 134 valence electrons. The lowest BCUT2D eigenvalue weighted by atomic mass is 10.1. The van der Waals surface area contributed by atoms with Gasteiger partial charge in [0, 0.05) is 17.3 Å². The molecule has 0 fully saturated rings. The molecule has 0 aliphatic carbocycles. The summed E-state index contributed by atoms with van der Waals surface area (Å²) in [7, 11) is 0. The molecule has 0 aliphatic rings. The largest absolute Gasteiger partial charge is 0.449 e. The van der Waals surface area contributed by atoms with E-state index in [0.717, 1.165) is 0 Å². The Balaban J connectivity index is 2.04. The van der Waals surface area contributed by atoms with Gasteiger partial charge in [-0.05, 0) is 44.2 Å². The van der Waals surface area contributed by atoms with Crippen molar-refractivity contribution in [2.45, 2.75) is 20.0 Å². The number of ether oxygens (including phenoxy) is 1. The second kappa shape index (κ2) is 8.02. The van der Waals surface area contributed by atoms with Crippen molar-refractivity contribution in [3.63, 3.8) is 0 Å². The molecule has 0 saturated carbocycles. The number of para-hydroxylation sites is 1. The number of carbonyl (C=O) groups excluding carboxylic acids is 3. The van der Waals surface area contributed by atoms with E-state index in [1.165, 1.54) is 38.1 Å². The van der Waals surface area contributed by atoms with Crippen molar-refractivity contribution in [2.75, 3.05) is 5.32 Å². The van der Waals surface area contributed by atoms with E-state index < -0.39 is 28.6 Å². The van der Waals surface area contributed by atoms with Crippen molar-refractivity contribution in [3.8, 4) is 0 Å². The number of amides is 1. The fourth-order valence-electron chi connectivity index (χ4n) is 2.12. The van der Waals surface area contributed by atoms with Gasteiger partial charge < -0.3 is 10.1 Å². The molecule has 0 bridgehead atoms. The fourth-order valence-corrected chi connectivity index (χ4v) is 2.12. The number of nitro groups is 1. The number of Topliss-reactive ketones (excluding diaryl/α,β-unsaturated/α-hetero) is 1. The maximum absolute atomic E-state index is 12.1. The van der Waals surface area contributed by atoms with Crippen LogP contribution in [0.4, 0.5) is 11.4 Å². The molecule has 0 spiro atoms. The first-order chi connectivity index (χ1) is 12.3. The molecule has 2 rings (SSSR count). The van der Waals surface area contributed by atoms with Gasteiger partial charge in [0.2, 0.25) is 0 Å². The zero-order valence-electron chi connectivity index (χ0n) is 14.1. The third-order valence-electron chi connectivity index (χ3n) is 3.53. The summed E-state index contributed by atoms with van der Waals surface area (Å²) in [6.45, 7) is 2.78. The lowest BCUT2D eigenvalue weighted by Gasteiger charge is -2.13. The van der Waals surface area contributed by atoms with Crippen LogP contribution in [0.15, 0.2) is 48.5 Å². The van der Waals surface area contributed by atoms with Gasteiger partial charge in [-0.25, -0.2) is 4.79 Å². The van der Waals surface area contributed by atoms with Gasteiger partial charge in [-0.15, -0.1) is 0 Å². The van der Waals surface area contributed by atoms with Crippen LogP contribution in [0.25, 0.3) is 0 Å². The maximum atomic E-state index is 12.1. The van der Waals surface area contributed by atoms with Crippen LogP contribution in [0.3, 0.4) is 0 Å². The third-order valence-corrected chi connectivity index (χ3v) is 3.53. The SMILES string of the molecule is CC(=O)c1ccc(NC(=O)[C@H](C)OC(=O)c2ccccc2[N+](=O)[O-])cc1. The fraction of sp³-hybridized carbons (Fsp3) is 0.167. The highest BCUT2D eigenvalue weighted by Crippen LogP contribution is 2.19. The normalized spacial score (nSPS) is 11.3. The highest BCUT2D eigenvalue weighted by molar-refractivity contribution is 5.99. The first-order valence-electron chi connectivity index (χ1n) is 7.66. The topological polar surface area (TPSA) is 116 Å². The number of ketones is 1. The van der Waals surface area contributed by atoms with E-state index in [2.05, 4.69) is 5.32 Å². The van der Waals surface area contributed by atoms with Gasteiger partial charge >= 0.3 is 5.97 Å². The van der Waals surface area contributed by atoms with E-state index >= 15 is 0 Å². The quantitative estimate of drug-likeness (QED) is 0.368. The molecular weight excluding hydrogens is 340 g/mol. The Morgan fingerprint density at radius 2 is 1.69 bits per heavy atom. The predicted molar refractivity (Wildman–Crippen MR) is 93.1 cm³/mol. The molecule has 0 saturated heterocycles. The number of nitro benzene ring substituents is 1. The first-order valence-corrected chi connectivity index (χ1v) is 7.66. The van der Waals surface area contributed by atoms with Crippen LogP contribution in [0.5, 0.6) is 0 Å². The number of benzene rings is 2. The van der Waals surface area contributed by atoms with Gasteiger partial charge in [0.15, 0.2) is 11.9 Å². The van der Waals surface area contributed by atoms with Gasteiger partial charge in [0.25, 0.3) is 11.6 Å². The summed E-state index contributed by atoms with van der Waals surface area (Å²) in [6, 6.07) is 11.5. The van der Waals surface area contributed by atoms with E-state index in [0.29, 0.717) is 11.3 Å². The molecule has 2 aromatic rings. The number of hydrogen-bond donors (Lipinski definition) is 1. The minimum atomic E-state index is -1.17. The molecule has 26 heavy (non-hydrogen) atoms. The highest BCUT2D eigenvalue weighted by Gasteiger charge is 2.24. The van der Waals surface area contributed by atoms with Crippen LogP contribution in [0.2, 0.25) is 0 Å². The first kappa shape index (κ1) is 18.8. The van der Waals surface area contributed by atoms with Crippen LogP contribution in [-0.2, 0) is 9.53 Å². The monoisotopic (exact) mass is 356 g/mol. The number of anilines is 1. The van der Waals surface area contributed by atoms with Crippen LogP contribution in [0, 0.1) is 10.1 Å². The van der Waals surface area contributed by atoms with Crippen LogP contribution in [0.1, 0.15) is 34.6 Å². The van der Waals surface area contributed by atoms with Crippen molar-refractivity contribution < 1.29 is 24.0 Å². The van der Waals surface area contributed by atoms with Crippen LogP contribution in [-0.4, -0.2) is 28.7 Å². The predicted octanol–water partition coefficient (Wildman–Crippen LogP) is 2.98. The third kappa shape index (κ3) is 4.50. The average Bonchev–Trinajstić information content (AvgIpc) is 2.61. The second-order valence-electron chi connectivity index (χ2n) is 5.44. The van der Waals surface area contributed by atoms with E-state index in [9.17, 15) is 24.5 Å². The standard InChI is InChI=1S/C18H16N2O6/c1-11(21)13-7-9-14(10-8-13)19-17(22)12(2)26-18(23)15-5-3-4-6-16(15)20(24)25/h3-10,12H,1-2H3,(H,19,22)/t12-/m0/s1. The van der Waals surface area contributed by atoms with Gasteiger partial charge in [-0.1, -0.05) is 12.1 Å². The van der Waals surface area contributed by atoms with Crippen molar-refractivity contribution >= 4 is 29.0 Å². The molecule has 1 atom stereocenters. The molecule has 1 amide bonds. The second-order valence-corrected chi connectivity index (χ2v) is 5.44. The summed E-state index contributed by atoms with van der Waals surface area (Å²) in [5.74, 6) is -1.67. The summed E-state index contributed by atoms with van der Waals surface area (Å²) in [5, 5.41) is 13.5. The van der Waals surface area contributed by atoms with Gasteiger partial charge in [-0.3, -0.25) is 19.7 Å². The van der Waals surface area contributed by atoms with Gasteiger partial charge in [0.05, 0.1) is 4.92 Å². The Bertz CT molecular complexity index is 860. The molecule has 0 aliphatic heterocycles. The number of hydrogen-bond acceptors (Lipinski definition) is 6. The zero-order valence-corrected chi connectivity index (χ0v) is 14.1. The summed E-state index contributed by atoms with van der Waals surface area (Å²) in [5.41, 5.74) is 0.292. The Labute approximate surface area is 148 Å². The van der Waals surface area contributed by atoms with E-state index in [-0.39, 0.29) is 11.3 Å². The summed E-state index contributed by atoms with van der Waals surface area (Å²) in [6.07, 6.45) is -1.17. The lowest BCUT2D eigenvalue weighted by Crippen LogP contribution is -2.30. The number of nitrogens with zero attached hydrogens (tertiary/aromatic N) is 1. The minimum Gasteiger partial charge on any atom is -0.449 e. The Hall–Kier alpha value is -3.55. The number of rotatable bonds is 6. The molecule has 0 radical (unpaired) electrons. The molecule has 0 heterocycles. The maximum Gasteiger partial charge on any atom is 0.345 e. The lowest BCUT2D eigenvalue weighted by molar-refractivity contribution is -0.385. The van der Waals surface area contributed by atoms with E-state index in [4.69, 9.17) is 4.74 Å². The summed E-state index contributed by atoms with van der Waals surface area (Å²) in [4.78, 5) is 45.7. The smallest absolute Gasteiger partial charge is 0.345 e. The van der Waals surface area contributed by atoms with Crippen molar-refractivity contribution in [3.05, 3.63) is 69.8 Å². The van der Waals surface area contributed by atoms with Crippen LogP contribution >= 0.6 is 0 Å². The van der Waals surface area contributed by atoms with Crippen molar-refractivity contribution in [1.82, 2.24) is 0 Å². The van der Waals surface area contributed by atoms with Crippen LogP contribution < -0.4 is 5.32 Å². The molecular formula is C18H16N2O6. The zero-order chi connectivity index (χ0) is 19.3. The summed E-state index contributed by atoms with van der Waals surface area (Å²) >= 11 is 0. The molecule has 0 unspecified atom stereocenters. The molecule has 2 aromatic carbocycles. The molecule has 8 nitrogen and oxygen atoms in total. The Morgan fingerprint density at radius 3 is 2.27 bits per heavy atom. The number of nitrogens with one attached hydrogen (secondary N) is 1. The number of esters is 1. The van der Waals surface area contributed by atoms with Crippen molar-refractivity contribution in [2.24, 2.45) is 0 Å². The highest BCUT2D eigenvalue weighted by atomic mass is 16.6. The van der Waals surface area contributed by atoms with E-state index in [1.807, 2.05) is 0 Å². The summed E-state index contributed by atoms with van der Waals surface area (Å²) < 4.78 is 5.01. The van der Waals surface area contributed by atoms with Gasteiger partial charge in [-0.2, -0.15) is 0 Å². The van der Waals surface area contributed by atoms with Gasteiger partial charge in [0.1, 0.15) is 5.56 Å². The molecule has 1 N–H and O–H groups in total. The van der Waals surface area contributed by atoms with E-state index in [1.54, 1.807) is 24.3 Å². The molecule has 8 heteroatoms. The number of carbonyl (C=O) groups is 3. The van der Waals surface area contributed by atoms with Crippen molar-refractivity contribution in [1.29, 1.82) is 0 Å². The Morgan fingerprint density at radius 1 is 1.08 bits per heavy atom. The molecule has 0 aromatic heterocycles. The Kier molecular flexibility index (Phi) is 5.79.